The molecule has 0 aliphatic carbocycles. The molecule has 0 heterocycles. The van der Waals surface area contributed by atoms with E-state index in [-0.39, 0.29) is 18.4 Å². The molecule has 2 rings (SSSR count). The van der Waals surface area contributed by atoms with E-state index in [0.29, 0.717) is 23.6 Å². The molecule has 0 aliphatic rings. The fourth-order valence-corrected chi connectivity index (χ4v) is 2.62. The predicted octanol–water partition coefficient (Wildman–Crippen LogP) is 2.48. The van der Waals surface area contributed by atoms with Gasteiger partial charge >= 0.3 is 0 Å². The summed E-state index contributed by atoms with van der Waals surface area (Å²) in [4.78, 5) is 23.3. The Morgan fingerprint density at radius 1 is 1.12 bits per heavy atom. The quantitative estimate of drug-likeness (QED) is 0.722. The third-order valence-corrected chi connectivity index (χ3v) is 4.07. The number of methoxy groups -OCH3 is 1. The smallest absolute Gasteiger partial charge is 0.255 e. The molecular formula is C20H24N2O4. The highest BCUT2D eigenvalue weighted by atomic mass is 16.5. The first-order chi connectivity index (χ1) is 12.5. The van der Waals surface area contributed by atoms with E-state index in [1.807, 2.05) is 18.2 Å². The molecule has 0 bridgehead atoms. The second-order valence-corrected chi connectivity index (χ2v) is 5.85. The predicted molar refractivity (Wildman–Crippen MR) is 99.5 cm³/mol. The van der Waals surface area contributed by atoms with Crippen molar-refractivity contribution in [3.05, 3.63) is 59.7 Å². The highest BCUT2D eigenvalue weighted by Gasteiger charge is 2.14. The van der Waals surface area contributed by atoms with E-state index < -0.39 is 5.91 Å². The monoisotopic (exact) mass is 356 g/mol. The van der Waals surface area contributed by atoms with E-state index >= 15 is 0 Å². The summed E-state index contributed by atoms with van der Waals surface area (Å²) in [5, 5.41) is 2.96. The molecule has 0 saturated heterocycles. The van der Waals surface area contributed by atoms with E-state index in [2.05, 4.69) is 24.4 Å². The molecule has 0 aliphatic heterocycles. The largest absolute Gasteiger partial charge is 0.493 e. The third kappa shape index (κ3) is 5.24. The fourth-order valence-electron chi connectivity index (χ4n) is 2.62. The number of rotatable bonds is 9. The third-order valence-electron chi connectivity index (χ3n) is 4.07. The Morgan fingerprint density at radius 2 is 1.85 bits per heavy atom. The Labute approximate surface area is 153 Å². The van der Waals surface area contributed by atoms with Gasteiger partial charge in [0, 0.05) is 18.0 Å². The van der Waals surface area contributed by atoms with Crippen LogP contribution in [0.25, 0.3) is 0 Å². The van der Waals surface area contributed by atoms with E-state index in [1.165, 1.54) is 12.7 Å². The molecule has 0 fully saturated rings. The zero-order chi connectivity index (χ0) is 18.9. The second-order valence-electron chi connectivity index (χ2n) is 5.85. The number of nitrogens with one attached hydrogen (secondary N) is 1. The number of carbonyl (C=O) groups is 2. The SMILES string of the molecule is CCC(CNC(=O)c1ccc(OCC(N)=O)c(OC)c1)c1ccccc1. The lowest BCUT2D eigenvalue weighted by atomic mass is 9.96. The molecule has 0 aromatic heterocycles. The van der Waals surface area contributed by atoms with E-state index in [9.17, 15) is 9.59 Å². The van der Waals surface area contributed by atoms with Gasteiger partial charge in [-0.25, -0.2) is 0 Å². The Morgan fingerprint density at radius 3 is 2.46 bits per heavy atom. The van der Waals surface area contributed by atoms with Crippen molar-refractivity contribution >= 4 is 11.8 Å². The molecule has 1 unspecified atom stereocenters. The molecule has 6 heteroatoms. The lowest BCUT2D eigenvalue weighted by molar-refractivity contribution is -0.119. The summed E-state index contributed by atoms with van der Waals surface area (Å²) in [7, 11) is 1.47. The molecule has 138 valence electrons. The topological polar surface area (TPSA) is 90.6 Å². The van der Waals surface area contributed by atoms with Crippen molar-refractivity contribution in [3.63, 3.8) is 0 Å². The number of hydrogen-bond acceptors (Lipinski definition) is 4. The van der Waals surface area contributed by atoms with Gasteiger partial charge in [0.1, 0.15) is 0 Å². The van der Waals surface area contributed by atoms with Crippen LogP contribution in [0.15, 0.2) is 48.5 Å². The molecule has 26 heavy (non-hydrogen) atoms. The van der Waals surface area contributed by atoms with Crippen LogP contribution in [-0.2, 0) is 4.79 Å². The maximum Gasteiger partial charge on any atom is 0.255 e. The van der Waals surface area contributed by atoms with Gasteiger partial charge in [-0.05, 0) is 30.2 Å². The number of hydrogen-bond donors (Lipinski definition) is 2. The molecule has 3 N–H and O–H groups in total. The van der Waals surface area contributed by atoms with Crippen LogP contribution >= 0.6 is 0 Å². The summed E-state index contributed by atoms with van der Waals surface area (Å²) in [5.74, 6) is 0.201. The minimum atomic E-state index is -0.583. The lowest BCUT2D eigenvalue weighted by Gasteiger charge is -2.17. The molecule has 0 radical (unpaired) electrons. The molecular weight excluding hydrogens is 332 g/mol. The van der Waals surface area contributed by atoms with E-state index in [4.69, 9.17) is 15.2 Å². The molecule has 2 aromatic rings. The van der Waals surface area contributed by atoms with Crippen LogP contribution in [0.4, 0.5) is 0 Å². The summed E-state index contributed by atoms with van der Waals surface area (Å²) in [6, 6.07) is 14.9. The first kappa shape index (κ1) is 19.3. The van der Waals surface area contributed by atoms with Gasteiger partial charge in [0.25, 0.3) is 11.8 Å². The zero-order valence-corrected chi connectivity index (χ0v) is 15.0. The average molecular weight is 356 g/mol. The van der Waals surface area contributed by atoms with Crippen LogP contribution in [0.2, 0.25) is 0 Å². The van der Waals surface area contributed by atoms with E-state index in [1.54, 1.807) is 18.2 Å². The maximum atomic E-state index is 12.5. The molecule has 0 spiro atoms. The number of benzene rings is 2. The Bertz CT molecular complexity index is 747. The maximum absolute atomic E-state index is 12.5. The van der Waals surface area contributed by atoms with Gasteiger partial charge in [-0.1, -0.05) is 37.3 Å². The fraction of sp³-hybridized carbons (Fsp3) is 0.300. The number of nitrogens with two attached hydrogens (primary N) is 1. The first-order valence-electron chi connectivity index (χ1n) is 8.47. The van der Waals surface area contributed by atoms with E-state index in [0.717, 1.165) is 6.42 Å². The Balaban J connectivity index is 2.03. The van der Waals surface area contributed by atoms with Gasteiger partial charge in [0.15, 0.2) is 18.1 Å². The number of amides is 2. The average Bonchev–Trinajstić information content (AvgIpc) is 2.67. The number of carbonyl (C=O) groups excluding carboxylic acids is 2. The summed E-state index contributed by atoms with van der Waals surface area (Å²) < 4.78 is 10.5. The van der Waals surface area contributed by atoms with Crippen LogP contribution in [0.5, 0.6) is 11.5 Å². The summed E-state index contributed by atoms with van der Waals surface area (Å²) >= 11 is 0. The highest BCUT2D eigenvalue weighted by Crippen LogP contribution is 2.28. The van der Waals surface area contributed by atoms with Crippen molar-refractivity contribution in [2.24, 2.45) is 5.73 Å². The van der Waals surface area contributed by atoms with Crippen LogP contribution in [-0.4, -0.2) is 32.1 Å². The molecule has 6 nitrogen and oxygen atoms in total. The molecule has 2 amide bonds. The number of primary amides is 1. The van der Waals surface area contributed by atoms with Crippen LogP contribution in [0, 0.1) is 0 Å². The Hall–Kier alpha value is -3.02. The van der Waals surface area contributed by atoms with Gasteiger partial charge in [-0.2, -0.15) is 0 Å². The van der Waals surface area contributed by atoms with Crippen molar-refractivity contribution in [3.8, 4) is 11.5 Å². The van der Waals surface area contributed by atoms with Gasteiger partial charge in [-0.15, -0.1) is 0 Å². The summed E-state index contributed by atoms with van der Waals surface area (Å²) in [6.45, 7) is 2.39. The van der Waals surface area contributed by atoms with Crippen molar-refractivity contribution in [1.82, 2.24) is 5.32 Å². The van der Waals surface area contributed by atoms with Crippen LogP contribution in [0.1, 0.15) is 35.2 Å². The lowest BCUT2D eigenvalue weighted by Crippen LogP contribution is -2.28. The minimum absolute atomic E-state index is 0.195. The van der Waals surface area contributed by atoms with Crippen LogP contribution in [0.3, 0.4) is 0 Å². The highest BCUT2D eigenvalue weighted by molar-refractivity contribution is 5.95. The van der Waals surface area contributed by atoms with Crippen molar-refractivity contribution in [2.45, 2.75) is 19.3 Å². The van der Waals surface area contributed by atoms with Crippen LogP contribution < -0.4 is 20.5 Å². The number of ether oxygens (including phenoxy) is 2. The van der Waals surface area contributed by atoms with Gasteiger partial charge < -0.3 is 20.5 Å². The molecule has 0 saturated carbocycles. The normalized spacial score (nSPS) is 11.5. The van der Waals surface area contributed by atoms with Gasteiger partial charge in [0.2, 0.25) is 0 Å². The standard InChI is InChI=1S/C20H24N2O4/c1-3-14(15-7-5-4-6-8-15)12-22-20(24)16-9-10-17(18(11-16)25-2)26-13-19(21)23/h4-11,14H,3,12-13H2,1-2H3,(H2,21,23)(H,22,24). The Kier molecular flexibility index (Phi) is 7.02. The van der Waals surface area contributed by atoms with Gasteiger partial charge in [0.05, 0.1) is 7.11 Å². The zero-order valence-electron chi connectivity index (χ0n) is 15.0. The van der Waals surface area contributed by atoms with Gasteiger partial charge in [-0.3, -0.25) is 9.59 Å². The van der Waals surface area contributed by atoms with Crippen molar-refractivity contribution < 1.29 is 19.1 Å². The van der Waals surface area contributed by atoms with Crippen molar-refractivity contribution in [1.29, 1.82) is 0 Å². The minimum Gasteiger partial charge on any atom is -0.493 e. The molecule has 1 atom stereocenters. The first-order valence-corrected chi connectivity index (χ1v) is 8.47. The molecule has 2 aromatic carbocycles. The van der Waals surface area contributed by atoms with Crippen molar-refractivity contribution in [2.75, 3.05) is 20.3 Å². The summed E-state index contributed by atoms with van der Waals surface area (Å²) in [5.41, 5.74) is 6.72. The summed E-state index contributed by atoms with van der Waals surface area (Å²) in [6.07, 6.45) is 0.924. The second kappa shape index (κ2) is 9.46.